The first kappa shape index (κ1) is 15.9. The number of rotatable bonds is 8. The molecule has 0 unspecified atom stereocenters. The fourth-order valence-corrected chi connectivity index (χ4v) is 1.69. The number of non-ortho nitro benzene ring substituents is 1. The van der Waals surface area contributed by atoms with Crippen molar-refractivity contribution < 1.29 is 14.5 Å². The normalized spacial score (nSPS) is 10.1. The third kappa shape index (κ3) is 4.85. The van der Waals surface area contributed by atoms with Gasteiger partial charge in [-0.1, -0.05) is 0 Å². The van der Waals surface area contributed by atoms with Crippen LogP contribution in [0.4, 0.5) is 5.69 Å². The zero-order chi connectivity index (χ0) is 15.0. The van der Waals surface area contributed by atoms with Crippen LogP contribution in [-0.2, 0) is 11.3 Å². The lowest BCUT2D eigenvalue weighted by Crippen LogP contribution is -2.18. The average Bonchev–Trinajstić information content (AvgIpc) is 2.44. The Balaban J connectivity index is 2.64. The molecule has 1 amide bonds. The number of hydrogen-bond donors (Lipinski definition) is 2. The zero-order valence-electron chi connectivity index (χ0n) is 11.6. The van der Waals surface area contributed by atoms with Gasteiger partial charge in [-0.15, -0.1) is 0 Å². The summed E-state index contributed by atoms with van der Waals surface area (Å²) in [5.74, 6) is 0.564. The molecule has 1 aromatic carbocycles. The lowest BCUT2D eigenvalue weighted by Gasteiger charge is -2.11. The third-order valence-electron chi connectivity index (χ3n) is 2.71. The van der Waals surface area contributed by atoms with Crippen molar-refractivity contribution in [3.05, 3.63) is 33.9 Å². The topological polar surface area (TPSA) is 93.5 Å². The lowest BCUT2D eigenvalue weighted by molar-refractivity contribution is -0.384. The number of amides is 1. The molecule has 0 heterocycles. The number of nitro benzene ring substituents is 1. The molecule has 0 fully saturated rings. The smallest absolute Gasteiger partial charge is 0.270 e. The average molecular weight is 281 g/mol. The monoisotopic (exact) mass is 281 g/mol. The number of carbonyl (C=O) groups is 1. The van der Waals surface area contributed by atoms with Crippen LogP contribution in [0.1, 0.15) is 18.4 Å². The van der Waals surface area contributed by atoms with Crippen molar-refractivity contribution >= 4 is 11.6 Å². The molecule has 0 bridgehead atoms. The summed E-state index contributed by atoms with van der Waals surface area (Å²) in [7, 11) is 3.35. The van der Waals surface area contributed by atoms with Gasteiger partial charge in [-0.2, -0.15) is 0 Å². The first-order chi connectivity index (χ1) is 9.58. The Morgan fingerprint density at radius 3 is 2.75 bits per heavy atom. The summed E-state index contributed by atoms with van der Waals surface area (Å²) >= 11 is 0. The van der Waals surface area contributed by atoms with Gasteiger partial charge in [0.15, 0.2) is 0 Å². The first-order valence-corrected chi connectivity index (χ1v) is 6.33. The van der Waals surface area contributed by atoms with E-state index in [0.29, 0.717) is 31.7 Å². The van der Waals surface area contributed by atoms with Gasteiger partial charge in [0.1, 0.15) is 5.75 Å². The van der Waals surface area contributed by atoms with Crippen LogP contribution in [0.2, 0.25) is 0 Å². The van der Waals surface area contributed by atoms with E-state index in [9.17, 15) is 14.9 Å². The predicted molar refractivity (Wildman–Crippen MR) is 74.7 cm³/mol. The van der Waals surface area contributed by atoms with Gasteiger partial charge in [-0.05, 0) is 19.5 Å². The van der Waals surface area contributed by atoms with Gasteiger partial charge in [-0.3, -0.25) is 14.9 Å². The Bertz CT molecular complexity index is 477. The van der Waals surface area contributed by atoms with Crippen LogP contribution < -0.4 is 15.4 Å². The Hall–Kier alpha value is -2.15. The van der Waals surface area contributed by atoms with Gasteiger partial charge in [0, 0.05) is 37.7 Å². The van der Waals surface area contributed by atoms with Crippen LogP contribution in [0.15, 0.2) is 18.2 Å². The van der Waals surface area contributed by atoms with E-state index in [4.69, 9.17) is 4.74 Å². The van der Waals surface area contributed by atoms with E-state index in [0.717, 1.165) is 5.56 Å². The Labute approximate surface area is 117 Å². The van der Waals surface area contributed by atoms with Crippen LogP contribution >= 0.6 is 0 Å². The van der Waals surface area contributed by atoms with Crippen molar-refractivity contribution in [1.82, 2.24) is 10.6 Å². The van der Waals surface area contributed by atoms with Crippen LogP contribution in [0.5, 0.6) is 5.75 Å². The molecule has 7 nitrogen and oxygen atoms in total. The molecule has 20 heavy (non-hydrogen) atoms. The number of nitrogens with zero attached hydrogens (tertiary/aromatic N) is 1. The fraction of sp³-hybridized carbons (Fsp3) is 0.462. The molecule has 1 rings (SSSR count). The quantitative estimate of drug-likeness (QED) is 0.424. The largest absolute Gasteiger partial charge is 0.493 e. The van der Waals surface area contributed by atoms with Crippen molar-refractivity contribution in [2.45, 2.75) is 19.4 Å². The highest BCUT2D eigenvalue weighted by atomic mass is 16.6. The summed E-state index contributed by atoms with van der Waals surface area (Å²) in [6, 6.07) is 4.49. The Morgan fingerprint density at radius 1 is 1.40 bits per heavy atom. The van der Waals surface area contributed by atoms with E-state index in [-0.39, 0.29) is 11.6 Å². The molecule has 0 radical (unpaired) electrons. The van der Waals surface area contributed by atoms with Crippen molar-refractivity contribution in [3.8, 4) is 5.75 Å². The lowest BCUT2D eigenvalue weighted by atomic mass is 10.1. The number of nitrogens with one attached hydrogen (secondary N) is 2. The minimum absolute atomic E-state index is 0.0345. The maximum Gasteiger partial charge on any atom is 0.270 e. The first-order valence-electron chi connectivity index (χ1n) is 6.33. The molecule has 0 saturated carbocycles. The van der Waals surface area contributed by atoms with Crippen molar-refractivity contribution in [2.24, 2.45) is 0 Å². The molecule has 110 valence electrons. The zero-order valence-corrected chi connectivity index (χ0v) is 11.6. The Kier molecular flexibility index (Phi) is 6.45. The van der Waals surface area contributed by atoms with Gasteiger partial charge >= 0.3 is 0 Å². The second-order valence-electron chi connectivity index (χ2n) is 4.20. The van der Waals surface area contributed by atoms with Crippen LogP contribution in [0.3, 0.4) is 0 Å². The highest BCUT2D eigenvalue weighted by Gasteiger charge is 2.11. The highest BCUT2D eigenvalue weighted by Crippen LogP contribution is 2.24. The molecule has 0 aliphatic carbocycles. The van der Waals surface area contributed by atoms with Crippen molar-refractivity contribution in [1.29, 1.82) is 0 Å². The number of benzene rings is 1. The molecule has 0 saturated heterocycles. The number of ether oxygens (including phenoxy) is 1. The molecular formula is C13H19N3O4. The molecule has 0 aliphatic heterocycles. The number of hydrogen-bond acceptors (Lipinski definition) is 5. The molecule has 2 N–H and O–H groups in total. The summed E-state index contributed by atoms with van der Waals surface area (Å²) in [6.07, 6.45) is 0.987. The number of carbonyl (C=O) groups excluding carboxylic acids is 1. The van der Waals surface area contributed by atoms with E-state index in [2.05, 4.69) is 10.6 Å². The predicted octanol–water partition coefficient (Wildman–Crippen LogP) is 1.22. The summed E-state index contributed by atoms with van der Waals surface area (Å²) in [4.78, 5) is 21.4. The van der Waals surface area contributed by atoms with E-state index >= 15 is 0 Å². The van der Waals surface area contributed by atoms with Gasteiger partial charge in [0.2, 0.25) is 5.91 Å². The van der Waals surface area contributed by atoms with Gasteiger partial charge in [0.05, 0.1) is 11.5 Å². The van der Waals surface area contributed by atoms with E-state index in [1.54, 1.807) is 20.2 Å². The van der Waals surface area contributed by atoms with E-state index in [1.807, 2.05) is 0 Å². The molecule has 1 aromatic rings. The molecule has 7 heteroatoms. The minimum Gasteiger partial charge on any atom is -0.493 e. The summed E-state index contributed by atoms with van der Waals surface area (Å²) in [5, 5.41) is 16.2. The van der Waals surface area contributed by atoms with Gasteiger partial charge < -0.3 is 15.4 Å². The molecule has 0 atom stereocenters. The fourth-order valence-electron chi connectivity index (χ4n) is 1.69. The van der Waals surface area contributed by atoms with E-state index in [1.165, 1.54) is 12.1 Å². The minimum atomic E-state index is -0.436. The van der Waals surface area contributed by atoms with Gasteiger partial charge in [-0.25, -0.2) is 0 Å². The Morgan fingerprint density at radius 2 is 2.15 bits per heavy atom. The molecule has 0 aromatic heterocycles. The van der Waals surface area contributed by atoms with Crippen LogP contribution in [-0.4, -0.2) is 31.5 Å². The maximum atomic E-state index is 11.1. The second kappa shape index (κ2) is 8.11. The number of nitro groups is 1. The molecule has 0 aliphatic rings. The SMILES string of the molecule is CNCc1cc([N+](=O)[O-])ccc1OCCCC(=O)NC. The second-order valence-corrected chi connectivity index (χ2v) is 4.20. The third-order valence-corrected chi connectivity index (χ3v) is 2.71. The van der Waals surface area contributed by atoms with Crippen LogP contribution in [0, 0.1) is 10.1 Å². The summed E-state index contributed by atoms with van der Waals surface area (Å²) < 4.78 is 5.58. The maximum absolute atomic E-state index is 11.1. The highest BCUT2D eigenvalue weighted by molar-refractivity contribution is 5.75. The summed E-state index contributed by atoms with van der Waals surface area (Å²) in [5.41, 5.74) is 0.759. The van der Waals surface area contributed by atoms with Crippen molar-refractivity contribution in [2.75, 3.05) is 20.7 Å². The standard InChI is InChI=1S/C13H19N3O4/c1-14-9-10-8-11(16(18)19)5-6-12(10)20-7-3-4-13(17)15-2/h5-6,8,14H,3-4,7,9H2,1-2H3,(H,15,17). The molecule has 0 spiro atoms. The van der Waals surface area contributed by atoms with Gasteiger partial charge in [0.25, 0.3) is 5.69 Å². The molecular weight excluding hydrogens is 262 g/mol. The summed E-state index contributed by atoms with van der Waals surface area (Å²) in [6.45, 7) is 0.869. The van der Waals surface area contributed by atoms with Crippen molar-refractivity contribution in [3.63, 3.8) is 0 Å². The van der Waals surface area contributed by atoms with E-state index < -0.39 is 4.92 Å². The van der Waals surface area contributed by atoms with Crippen LogP contribution in [0.25, 0.3) is 0 Å².